The number of fused-ring (bicyclic) bond motifs is 1. The van der Waals surface area contributed by atoms with Crippen molar-refractivity contribution in [3.05, 3.63) is 47.8 Å². The van der Waals surface area contributed by atoms with Crippen LogP contribution in [0.25, 0.3) is 0 Å². The summed E-state index contributed by atoms with van der Waals surface area (Å²) >= 11 is 0. The van der Waals surface area contributed by atoms with E-state index < -0.39 is 10.0 Å². The highest BCUT2D eigenvalue weighted by molar-refractivity contribution is 7.92. The molecular formula is C19H25N3O3S. The second kappa shape index (κ2) is 6.79. The molecule has 1 aliphatic heterocycles. The van der Waals surface area contributed by atoms with Crippen LogP contribution in [-0.4, -0.2) is 43.4 Å². The number of aromatic nitrogens is 1. The average molecular weight is 375 g/mol. The normalized spacial score (nSPS) is 15.1. The van der Waals surface area contributed by atoms with Crippen LogP contribution in [0.5, 0.6) is 0 Å². The third kappa shape index (κ3) is 3.23. The van der Waals surface area contributed by atoms with Crippen molar-refractivity contribution in [3.63, 3.8) is 0 Å². The van der Waals surface area contributed by atoms with Crippen molar-refractivity contribution >= 4 is 21.6 Å². The van der Waals surface area contributed by atoms with E-state index in [1.54, 1.807) is 27.8 Å². The first-order valence-corrected chi connectivity index (χ1v) is 10.2. The van der Waals surface area contributed by atoms with Crippen LogP contribution in [0.1, 0.15) is 36.3 Å². The van der Waals surface area contributed by atoms with Gasteiger partial charge in [0.15, 0.2) is 0 Å². The molecule has 0 aliphatic carbocycles. The van der Waals surface area contributed by atoms with Crippen LogP contribution >= 0.6 is 0 Å². The lowest BCUT2D eigenvalue weighted by Gasteiger charge is -2.24. The molecule has 1 aliphatic rings. The Labute approximate surface area is 155 Å². The van der Waals surface area contributed by atoms with Gasteiger partial charge in [-0.25, -0.2) is 8.42 Å². The van der Waals surface area contributed by atoms with E-state index in [1.807, 2.05) is 32.9 Å². The van der Waals surface area contributed by atoms with Gasteiger partial charge in [-0.1, -0.05) is 17.7 Å². The Morgan fingerprint density at radius 2 is 1.77 bits per heavy atom. The molecule has 0 saturated heterocycles. The molecule has 2 aromatic rings. The number of nitrogens with zero attached hydrogens (tertiary/aromatic N) is 3. The number of carbonyl (C=O) groups is 1. The molecule has 0 spiro atoms. The predicted octanol–water partition coefficient (Wildman–Crippen LogP) is 2.88. The molecule has 1 amide bonds. The maximum atomic E-state index is 13.0. The fourth-order valence-electron chi connectivity index (χ4n) is 3.19. The summed E-state index contributed by atoms with van der Waals surface area (Å²) in [5.41, 5.74) is 2.09. The van der Waals surface area contributed by atoms with Crippen LogP contribution in [0.3, 0.4) is 0 Å². The molecule has 1 aromatic carbocycles. The number of hydrogen-bond acceptors (Lipinski definition) is 3. The summed E-state index contributed by atoms with van der Waals surface area (Å²) in [6, 6.07) is 8.89. The lowest BCUT2D eigenvalue weighted by Crippen LogP contribution is -2.36. The molecule has 1 aromatic heterocycles. The highest BCUT2D eigenvalue weighted by Crippen LogP contribution is 2.26. The minimum Gasteiger partial charge on any atom is -0.342 e. The molecule has 140 valence electrons. The van der Waals surface area contributed by atoms with E-state index in [9.17, 15) is 13.2 Å². The molecule has 26 heavy (non-hydrogen) atoms. The monoisotopic (exact) mass is 375 g/mol. The molecule has 0 saturated carbocycles. The minimum atomic E-state index is -3.73. The molecule has 2 heterocycles. The van der Waals surface area contributed by atoms with E-state index in [0.717, 1.165) is 12.0 Å². The van der Waals surface area contributed by atoms with Gasteiger partial charge in [0.2, 0.25) is 0 Å². The Balaban J connectivity index is 1.97. The minimum absolute atomic E-state index is 0.0826. The van der Waals surface area contributed by atoms with Gasteiger partial charge in [-0.2, -0.15) is 0 Å². The molecule has 0 bridgehead atoms. The summed E-state index contributed by atoms with van der Waals surface area (Å²) in [5.74, 6) is -0.114. The zero-order chi connectivity index (χ0) is 19.1. The topological polar surface area (TPSA) is 62.6 Å². The van der Waals surface area contributed by atoms with Crippen molar-refractivity contribution in [2.75, 3.05) is 17.9 Å². The molecule has 0 unspecified atom stereocenters. The molecule has 3 rings (SSSR count). The highest BCUT2D eigenvalue weighted by Gasteiger charge is 2.30. The van der Waals surface area contributed by atoms with Crippen molar-refractivity contribution in [1.82, 2.24) is 9.47 Å². The summed E-state index contributed by atoms with van der Waals surface area (Å²) in [4.78, 5) is 14.7. The van der Waals surface area contributed by atoms with Crippen LogP contribution in [0.15, 0.2) is 41.4 Å². The van der Waals surface area contributed by atoms with Gasteiger partial charge in [-0.05, 0) is 45.4 Å². The Bertz CT molecular complexity index is 914. The first-order chi connectivity index (χ1) is 12.2. The van der Waals surface area contributed by atoms with Crippen LogP contribution in [0.4, 0.5) is 5.69 Å². The van der Waals surface area contributed by atoms with Crippen LogP contribution in [0, 0.1) is 6.92 Å². The quantitative estimate of drug-likeness (QED) is 0.825. The van der Waals surface area contributed by atoms with E-state index in [1.165, 1.54) is 17.4 Å². The van der Waals surface area contributed by atoms with E-state index in [4.69, 9.17) is 0 Å². The number of carbonyl (C=O) groups excluding carboxylic acids is 1. The Morgan fingerprint density at radius 3 is 2.38 bits per heavy atom. The SMILES string of the molecule is Cc1ccc(N(C)S(=O)(=O)c2cc3n(c2)CCCN(C(C)C)C3=O)cc1. The average Bonchev–Trinajstić information content (AvgIpc) is 2.96. The maximum absolute atomic E-state index is 13.0. The van der Waals surface area contributed by atoms with E-state index in [0.29, 0.717) is 24.5 Å². The Morgan fingerprint density at radius 1 is 1.12 bits per heavy atom. The second-order valence-electron chi connectivity index (χ2n) is 7.01. The number of anilines is 1. The molecule has 0 atom stereocenters. The summed E-state index contributed by atoms with van der Waals surface area (Å²) < 4.78 is 29.1. The van der Waals surface area contributed by atoms with Gasteiger partial charge in [0, 0.05) is 32.4 Å². The third-order valence-corrected chi connectivity index (χ3v) is 6.58. The largest absolute Gasteiger partial charge is 0.342 e. The molecular weight excluding hydrogens is 350 g/mol. The van der Waals surface area contributed by atoms with Crippen LogP contribution in [0.2, 0.25) is 0 Å². The van der Waals surface area contributed by atoms with Crippen molar-refractivity contribution in [1.29, 1.82) is 0 Å². The van der Waals surface area contributed by atoms with Crippen molar-refractivity contribution in [2.45, 2.75) is 44.7 Å². The first kappa shape index (κ1) is 18.5. The number of sulfonamides is 1. The van der Waals surface area contributed by atoms with Crippen LogP contribution in [-0.2, 0) is 16.6 Å². The molecule has 0 radical (unpaired) electrons. The van der Waals surface area contributed by atoms with Crippen molar-refractivity contribution in [2.24, 2.45) is 0 Å². The third-order valence-electron chi connectivity index (χ3n) is 4.83. The van der Waals surface area contributed by atoms with Gasteiger partial charge in [-0.15, -0.1) is 0 Å². The fraction of sp³-hybridized carbons (Fsp3) is 0.421. The lowest BCUT2D eigenvalue weighted by molar-refractivity contribution is 0.0709. The first-order valence-electron chi connectivity index (χ1n) is 8.78. The summed E-state index contributed by atoms with van der Waals surface area (Å²) in [7, 11) is -2.20. The number of rotatable bonds is 4. The summed E-state index contributed by atoms with van der Waals surface area (Å²) in [5, 5.41) is 0. The Kier molecular flexibility index (Phi) is 4.84. The number of amides is 1. The fourth-order valence-corrected chi connectivity index (χ4v) is 4.43. The smallest absolute Gasteiger partial charge is 0.270 e. The van der Waals surface area contributed by atoms with E-state index in [-0.39, 0.29) is 16.8 Å². The van der Waals surface area contributed by atoms with E-state index in [2.05, 4.69) is 0 Å². The van der Waals surface area contributed by atoms with Crippen LogP contribution < -0.4 is 4.31 Å². The van der Waals surface area contributed by atoms with Gasteiger partial charge in [-0.3, -0.25) is 9.10 Å². The zero-order valence-corrected chi connectivity index (χ0v) is 16.5. The number of benzene rings is 1. The number of aryl methyl sites for hydroxylation is 2. The number of hydrogen-bond donors (Lipinski definition) is 0. The van der Waals surface area contributed by atoms with Gasteiger partial charge >= 0.3 is 0 Å². The standard InChI is InChI=1S/C19H25N3O3S/c1-14(2)22-11-5-10-21-13-17(12-18(21)19(22)23)26(24,25)20(4)16-8-6-15(3)7-9-16/h6-9,12-14H,5,10-11H2,1-4H3. The molecule has 6 nitrogen and oxygen atoms in total. The Hall–Kier alpha value is -2.28. The zero-order valence-electron chi connectivity index (χ0n) is 15.6. The summed E-state index contributed by atoms with van der Waals surface area (Å²) in [6.07, 6.45) is 2.38. The second-order valence-corrected chi connectivity index (χ2v) is 8.98. The van der Waals surface area contributed by atoms with Crippen molar-refractivity contribution in [3.8, 4) is 0 Å². The van der Waals surface area contributed by atoms with Gasteiger partial charge < -0.3 is 9.47 Å². The van der Waals surface area contributed by atoms with E-state index >= 15 is 0 Å². The van der Waals surface area contributed by atoms with Gasteiger partial charge in [0.1, 0.15) is 10.6 Å². The lowest BCUT2D eigenvalue weighted by atomic mass is 10.2. The van der Waals surface area contributed by atoms with Crippen molar-refractivity contribution < 1.29 is 13.2 Å². The predicted molar refractivity (Wildman–Crippen MR) is 102 cm³/mol. The summed E-state index contributed by atoms with van der Waals surface area (Å²) in [6.45, 7) is 7.21. The maximum Gasteiger partial charge on any atom is 0.270 e. The molecule has 0 N–H and O–H groups in total. The molecule has 7 heteroatoms. The van der Waals surface area contributed by atoms with Gasteiger partial charge in [0.25, 0.3) is 15.9 Å². The highest BCUT2D eigenvalue weighted by atomic mass is 32.2. The molecule has 0 fully saturated rings. The van der Waals surface area contributed by atoms with Gasteiger partial charge in [0.05, 0.1) is 5.69 Å².